The van der Waals surface area contributed by atoms with Crippen LogP contribution in [0.1, 0.15) is 21.5 Å². The Morgan fingerprint density at radius 1 is 1.15 bits per heavy atom. The van der Waals surface area contributed by atoms with E-state index >= 15 is 0 Å². The molecular weight excluding hydrogens is 272 g/mol. The predicted molar refractivity (Wildman–Crippen MR) is 76.4 cm³/mol. The van der Waals surface area contributed by atoms with Gasteiger partial charge in [-0.3, -0.25) is 9.59 Å². The molecule has 0 saturated heterocycles. The van der Waals surface area contributed by atoms with Gasteiger partial charge in [0.05, 0.1) is 6.42 Å². The highest BCUT2D eigenvalue weighted by atomic mass is 32.2. The number of carbonyl (C=O) groups is 2. The molecule has 2 aromatic carbocycles. The Kier molecular flexibility index (Phi) is 3.32. The molecule has 2 aromatic rings. The van der Waals surface area contributed by atoms with Gasteiger partial charge in [0.15, 0.2) is 5.78 Å². The second-order valence-electron chi connectivity index (χ2n) is 4.71. The van der Waals surface area contributed by atoms with Crippen molar-refractivity contribution in [1.29, 1.82) is 0 Å². The molecule has 1 heterocycles. The SMILES string of the molecule is O=C(O)Cc1ccc2c(c1)Sc1ccccc1CC2=O. The van der Waals surface area contributed by atoms with Gasteiger partial charge in [-0.15, -0.1) is 0 Å². The van der Waals surface area contributed by atoms with Crippen molar-refractivity contribution >= 4 is 23.5 Å². The number of benzene rings is 2. The van der Waals surface area contributed by atoms with Crippen molar-refractivity contribution in [2.75, 3.05) is 0 Å². The van der Waals surface area contributed by atoms with Crippen molar-refractivity contribution in [1.82, 2.24) is 0 Å². The lowest BCUT2D eigenvalue weighted by Gasteiger charge is -2.06. The van der Waals surface area contributed by atoms with E-state index in [-0.39, 0.29) is 12.2 Å². The predicted octanol–water partition coefficient (Wildman–Crippen LogP) is 3.20. The standard InChI is InChI=1S/C16H12O3S/c17-13-9-11-3-1-2-4-14(11)20-15-7-10(8-16(18)19)5-6-12(13)15/h1-7H,8-9H2,(H,18,19). The first-order valence-electron chi connectivity index (χ1n) is 6.27. The molecule has 0 bridgehead atoms. The molecule has 1 aliphatic heterocycles. The van der Waals surface area contributed by atoms with Crippen LogP contribution < -0.4 is 0 Å². The zero-order valence-corrected chi connectivity index (χ0v) is 11.4. The van der Waals surface area contributed by atoms with Crippen molar-refractivity contribution in [2.24, 2.45) is 0 Å². The Labute approximate surface area is 120 Å². The largest absolute Gasteiger partial charge is 0.481 e. The van der Waals surface area contributed by atoms with E-state index in [4.69, 9.17) is 5.11 Å². The van der Waals surface area contributed by atoms with Crippen molar-refractivity contribution in [3.8, 4) is 0 Å². The summed E-state index contributed by atoms with van der Waals surface area (Å²) in [6, 6.07) is 13.1. The minimum absolute atomic E-state index is 0.0241. The van der Waals surface area contributed by atoms with Gasteiger partial charge in [0.1, 0.15) is 0 Å². The molecule has 0 spiro atoms. The summed E-state index contributed by atoms with van der Waals surface area (Å²) in [6.45, 7) is 0. The van der Waals surface area contributed by atoms with Crippen molar-refractivity contribution in [3.63, 3.8) is 0 Å². The van der Waals surface area contributed by atoms with E-state index in [1.165, 1.54) is 11.8 Å². The molecule has 3 nitrogen and oxygen atoms in total. The van der Waals surface area contributed by atoms with Crippen LogP contribution in [0.2, 0.25) is 0 Å². The number of hydrogen-bond donors (Lipinski definition) is 1. The third kappa shape index (κ3) is 2.47. The highest BCUT2D eigenvalue weighted by molar-refractivity contribution is 7.99. The molecule has 1 N–H and O–H groups in total. The highest BCUT2D eigenvalue weighted by Crippen LogP contribution is 2.37. The molecule has 0 atom stereocenters. The van der Waals surface area contributed by atoms with Crippen LogP contribution in [0.5, 0.6) is 0 Å². The topological polar surface area (TPSA) is 54.4 Å². The summed E-state index contributed by atoms with van der Waals surface area (Å²) in [5.74, 6) is -0.783. The molecule has 0 amide bonds. The summed E-state index contributed by atoms with van der Waals surface area (Å²) in [6.07, 6.45) is 0.373. The van der Waals surface area contributed by atoms with E-state index < -0.39 is 5.97 Å². The van der Waals surface area contributed by atoms with Gasteiger partial charge in [-0.05, 0) is 29.3 Å². The summed E-state index contributed by atoms with van der Waals surface area (Å²) in [4.78, 5) is 25.0. The molecule has 0 radical (unpaired) electrons. The van der Waals surface area contributed by atoms with Gasteiger partial charge in [0.2, 0.25) is 0 Å². The summed E-state index contributed by atoms with van der Waals surface area (Å²) < 4.78 is 0. The third-order valence-electron chi connectivity index (χ3n) is 3.25. The first-order valence-corrected chi connectivity index (χ1v) is 7.09. The van der Waals surface area contributed by atoms with E-state index in [1.807, 2.05) is 30.3 Å². The van der Waals surface area contributed by atoms with Crippen LogP contribution in [0.4, 0.5) is 0 Å². The summed E-state index contributed by atoms with van der Waals surface area (Å²) >= 11 is 1.53. The molecular formula is C16H12O3S. The van der Waals surface area contributed by atoms with Gasteiger partial charge in [-0.1, -0.05) is 36.0 Å². The van der Waals surface area contributed by atoms with Crippen LogP contribution in [-0.4, -0.2) is 16.9 Å². The van der Waals surface area contributed by atoms with Gasteiger partial charge in [-0.2, -0.15) is 0 Å². The Morgan fingerprint density at radius 2 is 1.95 bits per heavy atom. The fourth-order valence-corrected chi connectivity index (χ4v) is 3.46. The highest BCUT2D eigenvalue weighted by Gasteiger charge is 2.20. The number of rotatable bonds is 2. The van der Waals surface area contributed by atoms with Crippen LogP contribution in [0.15, 0.2) is 52.3 Å². The van der Waals surface area contributed by atoms with Crippen molar-refractivity contribution < 1.29 is 14.7 Å². The zero-order valence-electron chi connectivity index (χ0n) is 10.6. The first kappa shape index (κ1) is 12.9. The fourth-order valence-electron chi connectivity index (χ4n) is 2.30. The maximum Gasteiger partial charge on any atom is 0.307 e. The van der Waals surface area contributed by atoms with Gasteiger partial charge in [-0.25, -0.2) is 0 Å². The van der Waals surface area contributed by atoms with E-state index in [2.05, 4.69) is 0 Å². The van der Waals surface area contributed by atoms with Crippen molar-refractivity contribution in [3.05, 3.63) is 59.2 Å². The number of Topliss-reactive ketones (excluding diaryl/α,β-unsaturated/α-hetero) is 1. The van der Waals surface area contributed by atoms with Gasteiger partial charge < -0.3 is 5.11 Å². The summed E-state index contributed by atoms with van der Waals surface area (Å²) in [5, 5.41) is 8.86. The Balaban J connectivity index is 2.06. The molecule has 4 heteroatoms. The van der Waals surface area contributed by atoms with E-state index in [0.717, 1.165) is 20.9 Å². The summed E-state index contributed by atoms with van der Waals surface area (Å²) in [5.41, 5.74) is 2.43. The molecule has 1 aliphatic rings. The maximum absolute atomic E-state index is 12.3. The quantitative estimate of drug-likeness (QED) is 0.920. The third-order valence-corrected chi connectivity index (χ3v) is 4.42. The van der Waals surface area contributed by atoms with Gasteiger partial charge in [0.25, 0.3) is 0 Å². The normalized spacial score (nSPS) is 13.3. The number of hydrogen-bond acceptors (Lipinski definition) is 3. The number of carboxylic acids is 1. The summed E-state index contributed by atoms with van der Waals surface area (Å²) in [7, 11) is 0. The molecule has 0 aliphatic carbocycles. The number of aliphatic carboxylic acids is 1. The minimum Gasteiger partial charge on any atom is -0.481 e. The van der Waals surface area contributed by atoms with Crippen molar-refractivity contribution in [2.45, 2.75) is 22.6 Å². The van der Waals surface area contributed by atoms with E-state index in [1.54, 1.807) is 12.1 Å². The lowest BCUT2D eigenvalue weighted by Crippen LogP contribution is -2.05. The number of ketones is 1. The smallest absolute Gasteiger partial charge is 0.307 e. The van der Waals surface area contributed by atoms with E-state index in [9.17, 15) is 9.59 Å². The maximum atomic E-state index is 12.3. The molecule has 0 saturated carbocycles. The molecule has 100 valence electrons. The lowest BCUT2D eigenvalue weighted by molar-refractivity contribution is -0.136. The second kappa shape index (κ2) is 5.13. The van der Waals surface area contributed by atoms with Gasteiger partial charge in [0, 0.05) is 21.8 Å². The number of carboxylic acid groups (broad SMARTS) is 1. The second-order valence-corrected chi connectivity index (χ2v) is 5.79. The average Bonchev–Trinajstić information content (AvgIpc) is 2.53. The molecule has 20 heavy (non-hydrogen) atoms. The lowest BCUT2D eigenvalue weighted by atomic mass is 10.0. The Morgan fingerprint density at radius 3 is 2.75 bits per heavy atom. The monoisotopic (exact) mass is 284 g/mol. The molecule has 0 unspecified atom stereocenters. The molecule has 0 aromatic heterocycles. The van der Waals surface area contributed by atoms with Crippen LogP contribution >= 0.6 is 11.8 Å². The first-order chi connectivity index (χ1) is 9.63. The van der Waals surface area contributed by atoms with Crippen LogP contribution in [0.25, 0.3) is 0 Å². The Hall–Kier alpha value is -2.07. The van der Waals surface area contributed by atoms with Crippen LogP contribution in [0, 0.1) is 0 Å². The number of fused-ring (bicyclic) bond motifs is 2. The Bertz CT molecular complexity index is 707. The zero-order chi connectivity index (χ0) is 14.1. The average molecular weight is 284 g/mol. The number of carbonyl (C=O) groups excluding carboxylic acids is 1. The van der Waals surface area contributed by atoms with Crippen LogP contribution in [-0.2, 0) is 17.6 Å². The van der Waals surface area contributed by atoms with Gasteiger partial charge >= 0.3 is 5.97 Å². The fraction of sp³-hybridized carbons (Fsp3) is 0.125. The minimum atomic E-state index is -0.865. The molecule has 3 rings (SSSR count). The van der Waals surface area contributed by atoms with Crippen LogP contribution in [0.3, 0.4) is 0 Å². The van der Waals surface area contributed by atoms with E-state index in [0.29, 0.717) is 12.0 Å². The molecule has 0 fully saturated rings.